The molecule has 98 valence electrons. The SMILES string of the molecule is CC(Nc1c(F)cc(Br)cc1F)C(=O)NC(N)=O. The van der Waals surface area contributed by atoms with Crippen LogP contribution in [0, 0.1) is 11.6 Å². The van der Waals surface area contributed by atoms with E-state index >= 15 is 0 Å². The maximum atomic E-state index is 13.4. The van der Waals surface area contributed by atoms with Crippen LogP contribution < -0.4 is 16.4 Å². The summed E-state index contributed by atoms with van der Waals surface area (Å²) >= 11 is 2.93. The van der Waals surface area contributed by atoms with Crippen LogP contribution in [0.3, 0.4) is 0 Å². The van der Waals surface area contributed by atoms with E-state index in [0.717, 1.165) is 12.1 Å². The first-order valence-electron chi connectivity index (χ1n) is 4.82. The van der Waals surface area contributed by atoms with E-state index in [-0.39, 0.29) is 4.47 Å². The Morgan fingerprint density at radius 1 is 1.33 bits per heavy atom. The maximum absolute atomic E-state index is 13.4. The van der Waals surface area contributed by atoms with Crippen LogP contribution in [0.4, 0.5) is 19.3 Å². The summed E-state index contributed by atoms with van der Waals surface area (Å²) < 4.78 is 27.1. The molecule has 18 heavy (non-hydrogen) atoms. The number of carbonyl (C=O) groups is 2. The van der Waals surface area contributed by atoms with Gasteiger partial charge in [0.25, 0.3) is 0 Å². The van der Waals surface area contributed by atoms with Crippen LogP contribution in [0.2, 0.25) is 0 Å². The lowest BCUT2D eigenvalue weighted by Crippen LogP contribution is -2.43. The average Bonchev–Trinajstić information content (AvgIpc) is 2.21. The Balaban J connectivity index is 2.85. The minimum atomic E-state index is -1.04. The molecule has 3 amide bonds. The van der Waals surface area contributed by atoms with Gasteiger partial charge in [-0.05, 0) is 19.1 Å². The fraction of sp³-hybridized carbons (Fsp3) is 0.200. The number of nitrogens with two attached hydrogens (primary N) is 1. The van der Waals surface area contributed by atoms with Crippen molar-refractivity contribution in [3.05, 3.63) is 28.2 Å². The molecular formula is C10H10BrF2N3O2. The molecule has 0 aliphatic rings. The number of imide groups is 1. The van der Waals surface area contributed by atoms with E-state index in [1.54, 1.807) is 5.32 Å². The topological polar surface area (TPSA) is 84.2 Å². The third-order valence-electron chi connectivity index (χ3n) is 2.01. The van der Waals surface area contributed by atoms with Crippen LogP contribution in [0.25, 0.3) is 0 Å². The molecule has 1 aromatic carbocycles. The van der Waals surface area contributed by atoms with Gasteiger partial charge in [0.2, 0.25) is 5.91 Å². The van der Waals surface area contributed by atoms with E-state index in [2.05, 4.69) is 21.2 Å². The third kappa shape index (κ3) is 3.66. The first-order valence-corrected chi connectivity index (χ1v) is 5.62. The second-order valence-corrected chi connectivity index (χ2v) is 4.38. The first-order chi connectivity index (χ1) is 8.31. The molecule has 0 aliphatic heterocycles. The molecule has 1 rings (SSSR count). The highest BCUT2D eigenvalue weighted by molar-refractivity contribution is 9.10. The first kappa shape index (κ1) is 14.4. The number of carbonyl (C=O) groups excluding carboxylic acids is 2. The van der Waals surface area contributed by atoms with E-state index in [1.807, 2.05) is 0 Å². The second kappa shape index (κ2) is 5.76. The van der Waals surface area contributed by atoms with Crippen LogP contribution in [-0.4, -0.2) is 18.0 Å². The van der Waals surface area contributed by atoms with Crippen LogP contribution in [0.1, 0.15) is 6.92 Å². The predicted octanol–water partition coefficient (Wildman–Crippen LogP) is 1.72. The Kier molecular flexibility index (Phi) is 4.60. The summed E-state index contributed by atoms with van der Waals surface area (Å²) in [6.45, 7) is 1.33. The van der Waals surface area contributed by atoms with Crippen LogP contribution in [0.15, 0.2) is 16.6 Å². The number of benzene rings is 1. The highest BCUT2D eigenvalue weighted by Crippen LogP contribution is 2.24. The smallest absolute Gasteiger partial charge is 0.318 e. The molecule has 0 aliphatic carbocycles. The predicted molar refractivity (Wildman–Crippen MR) is 64.9 cm³/mol. The van der Waals surface area contributed by atoms with Crippen molar-refractivity contribution in [1.29, 1.82) is 0 Å². The normalized spacial score (nSPS) is 11.8. The molecule has 0 spiro atoms. The van der Waals surface area contributed by atoms with Gasteiger partial charge in [-0.25, -0.2) is 13.6 Å². The molecule has 0 aromatic heterocycles. The Labute approximate surface area is 110 Å². The molecule has 5 nitrogen and oxygen atoms in total. The Hall–Kier alpha value is -1.70. The van der Waals surface area contributed by atoms with Gasteiger partial charge < -0.3 is 11.1 Å². The zero-order chi connectivity index (χ0) is 13.9. The van der Waals surface area contributed by atoms with Gasteiger partial charge in [0.15, 0.2) is 0 Å². The van der Waals surface area contributed by atoms with Gasteiger partial charge in [0, 0.05) is 4.47 Å². The van der Waals surface area contributed by atoms with Crippen molar-refractivity contribution in [1.82, 2.24) is 5.32 Å². The molecule has 4 N–H and O–H groups in total. The highest BCUT2D eigenvalue weighted by atomic mass is 79.9. The average molecular weight is 322 g/mol. The summed E-state index contributed by atoms with van der Waals surface area (Å²) in [5.41, 5.74) is 4.30. The molecule has 0 fully saturated rings. The van der Waals surface area contributed by atoms with Crippen molar-refractivity contribution in [2.75, 3.05) is 5.32 Å². The largest absolute Gasteiger partial charge is 0.369 e. The number of hydrogen-bond donors (Lipinski definition) is 3. The quantitative estimate of drug-likeness (QED) is 0.792. The van der Waals surface area contributed by atoms with E-state index in [4.69, 9.17) is 5.73 Å². The minimum absolute atomic E-state index is 0.234. The highest BCUT2D eigenvalue weighted by Gasteiger charge is 2.18. The Morgan fingerprint density at radius 2 is 1.83 bits per heavy atom. The third-order valence-corrected chi connectivity index (χ3v) is 2.47. The van der Waals surface area contributed by atoms with Crippen LogP contribution in [0.5, 0.6) is 0 Å². The number of halogens is 3. The summed E-state index contributed by atoms with van der Waals surface area (Å²) in [7, 11) is 0. The molecular weight excluding hydrogens is 312 g/mol. The Bertz CT molecular complexity index is 473. The summed E-state index contributed by atoms with van der Waals surface area (Å²) in [6, 6.07) is 0.0295. The molecule has 0 heterocycles. The molecule has 0 saturated heterocycles. The van der Waals surface area contributed by atoms with E-state index in [9.17, 15) is 18.4 Å². The van der Waals surface area contributed by atoms with Crippen LogP contribution in [-0.2, 0) is 4.79 Å². The summed E-state index contributed by atoms with van der Waals surface area (Å²) in [5.74, 6) is -2.51. The van der Waals surface area contributed by atoms with Crippen molar-refractivity contribution in [3.63, 3.8) is 0 Å². The van der Waals surface area contributed by atoms with Gasteiger partial charge in [-0.3, -0.25) is 10.1 Å². The maximum Gasteiger partial charge on any atom is 0.318 e. The number of amides is 3. The zero-order valence-corrected chi connectivity index (χ0v) is 10.8. The van der Waals surface area contributed by atoms with Gasteiger partial charge >= 0.3 is 6.03 Å². The van der Waals surface area contributed by atoms with Gasteiger partial charge in [0.05, 0.1) is 0 Å². The summed E-state index contributed by atoms with van der Waals surface area (Å²) in [4.78, 5) is 21.8. The van der Waals surface area contributed by atoms with Gasteiger partial charge in [-0.1, -0.05) is 15.9 Å². The van der Waals surface area contributed by atoms with Gasteiger partial charge in [0.1, 0.15) is 23.4 Å². The van der Waals surface area contributed by atoms with E-state index in [0.29, 0.717) is 0 Å². The number of nitrogens with one attached hydrogen (secondary N) is 2. The van der Waals surface area contributed by atoms with E-state index < -0.39 is 35.3 Å². The molecule has 1 unspecified atom stereocenters. The lowest BCUT2D eigenvalue weighted by molar-refractivity contribution is -0.120. The van der Waals surface area contributed by atoms with Crippen LogP contribution >= 0.6 is 15.9 Å². The van der Waals surface area contributed by atoms with Crippen molar-refractivity contribution >= 4 is 33.6 Å². The number of urea groups is 1. The fourth-order valence-corrected chi connectivity index (χ4v) is 1.59. The Morgan fingerprint density at radius 3 is 2.28 bits per heavy atom. The summed E-state index contributed by atoms with van der Waals surface area (Å²) in [6.07, 6.45) is 0. The lowest BCUT2D eigenvalue weighted by atomic mass is 10.2. The summed E-state index contributed by atoms with van der Waals surface area (Å²) in [5, 5.41) is 4.12. The molecule has 0 bridgehead atoms. The molecule has 1 atom stereocenters. The zero-order valence-electron chi connectivity index (χ0n) is 9.26. The minimum Gasteiger partial charge on any atom is -0.369 e. The number of primary amides is 1. The second-order valence-electron chi connectivity index (χ2n) is 3.46. The van der Waals surface area contributed by atoms with Crippen molar-refractivity contribution in [3.8, 4) is 0 Å². The molecule has 0 radical (unpaired) electrons. The number of hydrogen-bond acceptors (Lipinski definition) is 3. The lowest BCUT2D eigenvalue weighted by Gasteiger charge is -2.15. The van der Waals surface area contributed by atoms with Gasteiger partial charge in [-0.15, -0.1) is 0 Å². The molecule has 0 saturated carbocycles. The van der Waals surface area contributed by atoms with E-state index in [1.165, 1.54) is 6.92 Å². The van der Waals surface area contributed by atoms with Crippen molar-refractivity contribution in [2.24, 2.45) is 5.73 Å². The standard InChI is InChI=1S/C10H10BrF2N3O2/c1-4(9(17)16-10(14)18)15-8-6(12)2-5(11)3-7(8)13/h2-4,15H,1H3,(H3,14,16,17,18). The fourth-order valence-electron chi connectivity index (χ4n) is 1.19. The van der Waals surface area contributed by atoms with Crippen molar-refractivity contribution < 1.29 is 18.4 Å². The van der Waals surface area contributed by atoms with Gasteiger partial charge in [-0.2, -0.15) is 0 Å². The number of rotatable bonds is 3. The number of anilines is 1. The van der Waals surface area contributed by atoms with Crippen molar-refractivity contribution in [2.45, 2.75) is 13.0 Å². The molecule has 1 aromatic rings. The monoisotopic (exact) mass is 321 g/mol. The molecule has 8 heteroatoms.